The highest BCUT2D eigenvalue weighted by atomic mass is 32.3. The van der Waals surface area contributed by atoms with E-state index in [1.54, 1.807) is 13.0 Å². The van der Waals surface area contributed by atoms with Crippen molar-refractivity contribution in [2.24, 2.45) is 0 Å². The number of anilines is 1. The summed E-state index contributed by atoms with van der Waals surface area (Å²) < 4.78 is 34.7. The molecule has 0 spiro atoms. The largest absolute Gasteiger partial charge is 0.478 e. The Labute approximate surface area is 115 Å². The standard InChI is InChI=1S/C12H12FNO5S/c1-7-2-8(12(16)17)4-9(3-7)14-6-10(5-11(14)15)20(13,18)19/h2-4,10H,5-6H2,1H3,(H,16,17). The van der Waals surface area contributed by atoms with Gasteiger partial charge in [-0.25, -0.2) is 4.79 Å². The predicted molar refractivity (Wildman–Crippen MR) is 68.9 cm³/mol. The number of amides is 1. The molecule has 1 atom stereocenters. The van der Waals surface area contributed by atoms with Gasteiger partial charge in [0.2, 0.25) is 5.91 Å². The van der Waals surface area contributed by atoms with Crippen molar-refractivity contribution in [3.8, 4) is 0 Å². The first-order valence-electron chi connectivity index (χ1n) is 5.77. The van der Waals surface area contributed by atoms with Crippen LogP contribution in [0.4, 0.5) is 9.57 Å². The molecule has 0 radical (unpaired) electrons. The summed E-state index contributed by atoms with van der Waals surface area (Å²) >= 11 is 0. The first-order valence-corrected chi connectivity index (χ1v) is 7.22. The third-order valence-electron chi connectivity index (χ3n) is 3.11. The van der Waals surface area contributed by atoms with E-state index in [0.29, 0.717) is 5.56 Å². The molecule has 1 amide bonds. The van der Waals surface area contributed by atoms with E-state index >= 15 is 0 Å². The van der Waals surface area contributed by atoms with E-state index in [9.17, 15) is 21.9 Å². The summed E-state index contributed by atoms with van der Waals surface area (Å²) in [5, 5.41) is 7.57. The van der Waals surface area contributed by atoms with E-state index in [4.69, 9.17) is 5.11 Å². The second-order valence-electron chi connectivity index (χ2n) is 4.67. The van der Waals surface area contributed by atoms with E-state index < -0.39 is 33.8 Å². The van der Waals surface area contributed by atoms with Gasteiger partial charge in [-0.2, -0.15) is 8.42 Å². The molecule has 20 heavy (non-hydrogen) atoms. The zero-order chi connectivity index (χ0) is 15.1. The van der Waals surface area contributed by atoms with Gasteiger partial charge in [0.1, 0.15) is 5.25 Å². The molecule has 1 heterocycles. The number of nitrogens with zero attached hydrogens (tertiary/aromatic N) is 1. The second kappa shape index (κ2) is 4.86. The summed E-state index contributed by atoms with van der Waals surface area (Å²) in [6, 6.07) is 4.24. The molecule has 0 bridgehead atoms. The number of aryl methyl sites for hydroxylation is 1. The molecule has 6 nitrogen and oxygen atoms in total. The quantitative estimate of drug-likeness (QED) is 0.844. The van der Waals surface area contributed by atoms with Crippen LogP contribution in [-0.2, 0) is 15.0 Å². The van der Waals surface area contributed by atoms with Crippen LogP contribution in [-0.4, -0.2) is 37.2 Å². The minimum atomic E-state index is -4.79. The molecular formula is C12H12FNO5S. The van der Waals surface area contributed by atoms with Crippen molar-refractivity contribution >= 4 is 27.8 Å². The topological polar surface area (TPSA) is 91.8 Å². The first kappa shape index (κ1) is 14.4. The van der Waals surface area contributed by atoms with Crippen LogP contribution in [0.15, 0.2) is 18.2 Å². The van der Waals surface area contributed by atoms with Crippen molar-refractivity contribution in [1.29, 1.82) is 0 Å². The highest BCUT2D eigenvalue weighted by Crippen LogP contribution is 2.27. The monoisotopic (exact) mass is 301 g/mol. The Hall–Kier alpha value is -1.96. The summed E-state index contributed by atoms with van der Waals surface area (Å²) in [5.41, 5.74) is 0.858. The Kier molecular flexibility index (Phi) is 3.51. The molecule has 1 saturated heterocycles. The number of benzene rings is 1. The van der Waals surface area contributed by atoms with Crippen molar-refractivity contribution in [1.82, 2.24) is 0 Å². The number of halogens is 1. The zero-order valence-corrected chi connectivity index (χ0v) is 11.4. The summed E-state index contributed by atoms with van der Waals surface area (Å²) in [4.78, 5) is 23.8. The van der Waals surface area contributed by atoms with Gasteiger partial charge in [0, 0.05) is 18.7 Å². The molecule has 108 valence electrons. The maximum atomic E-state index is 12.9. The van der Waals surface area contributed by atoms with Gasteiger partial charge in [0.15, 0.2) is 0 Å². The third-order valence-corrected chi connectivity index (χ3v) is 4.22. The van der Waals surface area contributed by atoms with Gasteiger partial charge >= 0.3 is 16.2 Å². The Morgan fingerprint density at radius 2 is 2.05 bits per heavy atom. The van der Waals surface area contributed by atoms with Crippen LogP contribution in [0, 0.1) is 6.92 Å². The Morgan fingerprint density at radius 3 is 2.55 bits per heavy atom. The van der Waals surface area contributed by atoms with Gasteiger partial charge < -0.3 is 10.0 Å². The van der Waals surface area contributed by atoms with Crippen LogP contribution in [0.1, 0.15) is 22.3 Å². The van der Waals surface area contributed by atoms with E-state index in [2.05, 4.69) is 0 Å². The van der Waals surface area contributed by atoms with Crippen molar-refractivity contribution in [3.63, 3.8) is 0 Å². The molecule has 1 aliphatic heterocycles. The number of carboxylic acids is 1. The Morgan fingerprint density at radius 1 is 1.40 bits per heavy atom. The molecule has 0 saturated carbocycles. The Balaban J connectivity index is 2.38. The lowest BCUT2D eigenvalue weighted by Gasteiger charge is -2.17. The average molecular weight is 301 g/mol. The fraction of sp³-hybridized carbons (Fsp3) is 0.333. The molecule has 1 aromatic rings. The van der Waals surface area contributed by atoms with Crippen LogP contribution in [0.25, 0.3) is 0 Å². The number of rotatable bonds is 3. The highest BCUT2D eigenvalue weighted by molar-refractivity contribution is 7.87. The van der Waals surface area contributed by atoms with E-state index in [-0.39, 0.29) is 17.8 Å². The Bertz CT molecular complexity index is 685. The lowest BCUT2D eigenvalue weighted by Crippen LogP contribution is -2.27. The molecule has 0 aliphatic carbocycles. The molecule has 0 aromatic heterocycles. The molecule has 1 unspecified atom stereocenters. The van der Waals surface area contributed by atoms with Crippen molar-refractivity contribution in [2.45, 2.75) is 18.6 Å². The highest BCUT2D eigenvalue weighted by Gasteiger charge is 2.39. The fourth-order valence-electron chi connectivity index (χ4n) is 2.16. The predicted octanol–water partition coefficient (Wildman–Crippen LogP) is 1.10. The molecule has 8 heteroatoms. The van der Waals surface area contributed by atoms with Crippen LogP contribution in [0.5, 0.6) is 0 Å². The maximum Gasteiger partial charge on any atom is 0.335 e. The fourth-order valence-corrected chi connectivity index (χ4v) is 2.82. The van der Waals surface area contributed by atoms with Gasteiger partial charge in [-0.05, 0) is 30.7 Å². The van der Waals surface area contributed by atoms with E-state index in [0.717, 1.165) is 4.90 Å². The minimum absolute atomic E-state index is 0.0145. The van der Waals surface area contributed by atoms with Crippen LogP contribution in [0.2, 0.25) is 0 Å². The van der Waals surface area contributed by atoms with Gasteiger partial charge in [0.25, 0.3) is 0 Å². The molecule has 1 aromatic carbocycles. The van der Waals surface area contributed by atoms with Gasteiger partial charge in [-0.1, -0.05) is 0 Å². The van der Waals surface area contributed by atoms with Crippen LogP contribution >= 0.6 is 0 Å². The van der Waals surface area contributed by atoms with E-state index in [1.165, 1.54) is 12.1 Å². The number of carbonyl (C=O) groups excluding carboxylic acids is 1. The molecule has 1 aliphatic rings. The number of carbonyl (C=O) groups is 2. The smallest absolute Gasteiger partial charge is 0.335 e. The third kappa shape index (κ3) is 2.79. The van der Waals surface area contributed by atoms with Gasteiger partial charge in [0.05, 0.1) is 5.56 Å². The first-order chi connectivity index (χ1) is 9.18. The SMILES string of the molecule is Cc1cc(C(=O)O)cc(N2CC(S(=O)(=O)F)CC2=O)c1. The van der Waals surface area contributed by atoms with Crippen molar-refractivity contribution in [2.75, 3.05) is 11.4 Å². The number of aromatic carboxylic acids is 1. The maximum absolute atomic E-state index is 12.9. The summed E-state index contributed by atoms with van der Waals surface area (Å²) in [7, 11) is -4.79. The second-order valence-corrected chi connectivity index (χ2v) is 6.29. The van der Waals surface area contributed by atoms with Crippen LogP contribution < -0.4 is 4.90 Å². The molecule has 1 fully saturated rings. The summed E-state index contributed by atoms with van der Waals surface area (Å²) in [5.74, 6) is -1.70. The molecule has 1 N–H and O–H groups in total. The van der Waals surface area contributed by atoms with Gasteiger partial charge in [-0.15, -0.1) is 3.89 Å². The van der Waals surface area contributed by atoms with Crippen LogP contribution in [0.3, 0.4) is 0 Å². The number of carboxylic acid groups (broad SMARTS) is 1. The van der Waals surface area contributed by atoms with Crippen molar-refractivity contribution < 1.29 is 27.0 Å². The normalized spacial score (nSPS) is 19.4. The summed E-state index contributed by atoms with van der Waals surface area (Å²) in [6.07, 6.45) is -0.435. The summed E-state index contributed by atoms with van der Waals surface area (Å²) in [6.45, 7) is 1.35. The number of hydrogen-bond donors (Lipinski definition) is 1. The minimum Gasteiger partial charge on any atom is -0.478 e. The van der Waals surface area contributed by atoms with E-state index in [1.807, 2.05) is 0 Å². The zero-order valence-electron chi connectivity index (χ0n) is 10.5. The van der Waals surface area contributed by atoms with Crippen molar-refractivity contribution in [3.05, 3.63) is 29.3 Å². The number of hydrogen-bond acceptors (Lipinski definition) is 4. The lowest BCUT2D eigenvalue weighted by molar-refractivity contribution is -0.117. The lowest BCUT2D eigenvalue weighted by atomic mass is 10.1. The molecule has 2 rings (SSSR count). The van der Waals surface area contributed by atoms with Gasteiger partial charge in [-0.3, -0.25) is 4.79 Å². The average Bonchev–Trinajstić information content (AvgIpc) is 2.70. The molecular weight excluding hydrogens is 289 g/mol.